The summed E-state index contributed by atoms with van der Waals surface area (Å²) >= 11 is 0. The fraction of sp³-hybridized carbons (Fsp3) is 0.462. The van der Waals surface area contributed by atoms with Crippen LogP contribution in [0.3, 0.4) is 0 Å². The van der Waals surface area contributed by atoms with Crippen molar-refractivity contribution in [2.45, 2.75) is 32.7 Å². The Morgan fingerprint density at radius 2 is 2.00 bits per heavy atom. The molecule has 114 valence electrons. The van der Waals surface area contributed by atoms with E-state index in [9.17, 15) is 19.2 Å². The average Bonchev–Trinajstić information content (AvgIpc) is 2.81. The molecule has 1 unspecified atom stereocenters. The van der Waals surface area contributed by atoms with Gasteiger partial charge in [0.25, 0.3) is 11.8 Å². The first kappa shape index (κ1) is 16.5. The van der Waals surface area contributed by atoms with Crippen LogP contribution in [-0.2, 0) is 14.4 Å². The maximum Gasteiger partial charge on any atom is 0.287 e. The first-order valence-corrected chi connectivity index (χ1v) is 6.34. The lowest BCUT2D eigenvalue weighted by atomic mass is 10.1. The van der Waals surface area contributed by atoms with Crippen LogP contribution in [0.15, 0.2) is 4.52 Å². The van der Waals surface area contributed by atoms with E-state index in [4.69, 9.17) is 4.52 Å². The average molecular weight is 295 g/mol. The van der Waals surface area contributed by atoms with Crippen LogP contribution in [0.1, 0.15) is 34.7 Å². The fourth-order valence-corrected chi connectivity index (χ4v) is 1.76. The molecule has 0 radical (unpaired) electrons. The van der Waals surface area contributed by atoms with Crippen molar-refractivity contribution < 1.29 is 23.7 Å². The zero-order valence-corrected chi connectivity index (χ0v) is 12.1. The highest BCUT2D eigenvalue weighted by Crippen LogP contribution is 2.12. The molecule has 1 heterocycles. The highest BCUT2D eigenvalue weighted by atomic mass is 16.5. The number of nitrogens with zero attached hydrogens (tertiary/aromatic N) is 1. The summed E-state index contributed by atoms with van der Waals surface area (Å²) in [4.78, 5) is 45.4. The number of Topliss-reactive ketones (excluding diaryl/α,β-unsaturated/α-hetero) is 1. The van der Waals surface area contributed by atoms with Crippen LogP contribution in [0.2, 0.25) is 0 Å². The van der Waals surface area contributed by atoms with Crippen LogP contribution in [0, 0.1) is 13.8 Å². The van der Waals surface area contributed by atoms with Crippen LogP contribution in [0.4, 0.5) is 0 Å². The highest BCUT2D eigenvalue weighted by Gasteiger charge is 2.21. The summed E-state index contributed by atoms with van der Waals surface area (Å²) in [5, 5.41) is 8.32. The van der Waals surface area contributed by atoms with Crippen LogP contribution in [0.25, 0.3) is 0 Å². The molecule has 1 aromatic rings. The number of aldehydes is 1. The minimum atomic E-state index is -0.861. The normalized spacial score (nSPS) is 11.6. The Labute approximate surface area is 121 Å². The van der Waals surface area contributed by atoms with Crippen molar-refractivity contribution >= 4 is 23.9 Å². The first-order chi connectivity index (χ1) is 9.90. The van der Waals surface area contributed by atoms with E-state index in [1.165, 1.54) is 7.05 Å². The number of amides is 2. The molecule has 0 fully saturated rings. The number of aryl methyl sites for hydroxylation is 2. The number of carbonyl (C=O) groups is 4. The molecule has 0 aliphatic heterocycles. The number of hydrogen-bond donors (Lipinski definition) is 2. The molecule has 0 saturated heterocycles. The van der Waals surface area contributed by atoms with Gasteiger partial charge in [-0.05, 0) is 20.3 Å². The number of aromatic nitrogens is 1. The summed E-state index contributed by atoms with van der Waals surface area (Å²) < 4.78 is 4.87. The topological polar surface area (TPSA) is 118 Å². The molecular formula is C13H17N3O5. The molecule has 1 aromatic heterocycles. The number of ketones is 1. The van der Waals surface area contributed by atoms with Gasteiger partial charge in [0.2, 0.25) is 5.78 Å². The van der Waals surface area contributed by atoms with E-state index in [-0.39, 0.29) is 18.4 Å². The Balaban J connectivity index is 2.62. The largest absolute Gasteiger partial charge is 0.361 e. The SMILES string of the molecule is CNC(=O)C(=O)CCC(C=O)NC(=O)c1c(C)noc1C. The molecule has 0 saturated carbocycles. The van der Waals surface area contributed by atoms with Crippen molar-refractivity contribution in [2.24, 2.45) is 0 Å². The molecular weight excluding hydrogens is 278 g/mol. The molecule has 0 spiro atoms. The highest BCUT2D eigenvalue weighted by molar-refractivity contribution is 6.36. The van der Waals surface area contributed by atoms with E-state index >= 15 is 0 Å². The zero-order valence-electron chi connectivity index (χ0n) is 12.1. The van der Waals surface area contributed by atoms with Crippen molar-refractivity contribution in [3.8, 4) is 0 Å². The molecule has 0 aromatic carbocycles. The summed E-state index contributed by atoms with van der Waals surface area (Å²) in [5.74, 6) is -1.53. The third-order valence-corrected chi connectivity index (χ3v) is 2.90. The van der Waals surface area contributed by atoms with Gasteiger partial charge in [0.05, 0.1) is 11.7 Å². The lowest BCUT2D eigenvalue weighted by molar-refractivity contribution is -0.137. The Morgan fingerprint density at radius 3 is 2.48 bits per heavy atom. The third kappa shape index (κ3) is 4.23. The molecule has 2 amide bonds. The molecule has 2 N–H and O–H groups in total. The lowest BCUT2D eigenvalue weighted by Gasteiger charge is -2.11. The second-order valence-electron chi connectivity index (χ2n) is 4.46. The number of rotatable bonds is 7. The summed E-state index contributed by atoms with van der Waals surface area (Å²) in [6, 6.07) is -0.861. The molecule has 8 heteroatoms. The van der Waals surface area contributed by atoms with E-state index in [1.807, 2.05) is 0 Å². The van der Waals surface area contributed by atoms with Gasteiger partial charge in [-0.1, -0.05) is 5.16 Å². The number of nitrogens with one attached hydrogen (secondary N) is 2. The summed E-state index contributed by atoms with van der Waals surface area (Å²) in [6.45, 7) is 3.19. The van der Waals surface area contributed by atoms with Gasteiger partial charge in [0.1, 0.15) is 17.6 Å². The van der Waals surface area contributed by atoms with Crippen molar-refractivity contribution in [1.29, 1.82) is 0 Å². The van der Waals surface area contributed by atoms with Gasteiger partial charge < -0.3 is 20.0 Å². The molecule has 8 nitrogen and oxygen atoms in total. The minimum absolute atomic E-state index is 0.0465. The zero-order chi connectivity index (χ0) is 16.0. The molecule has 0 aliphatic rings. The van der Waals surface area contributed by atoms with Gasteiger partial charge in [-0.15, -0.1) is 0 Å². The molecule has 0 aliphatic carbocycles. The molecule has 1 rings (SSSR count). The van der Waals surface area contributed by atoms with E-state index in [0.717, 1.165) is 0 Å². The number of carbonyl (C=O) groups excluding carboxylic acids is 4. The molecule has 0 bridgehead atoms. The summed E-state index contributed by atoms with van der Waals surface area (Å²) in [5.41, 5.74) is 0.676. The summed E-state index contributed by atoms with van der Waals surface area (Å²) in [6.07, 6.45) is 0.434. The summed E-state index contributed by atoms with van der Waals surface area (Å²) in [7, 11) is 1.34. The second kappa shape index (κ2) is 7.32. The second-order valence-corrected chi connectivity index (χ2v) is 4.46. The lowest BCUT2D eigenvalue weighted by Crippen LogP contribution is -2.37. The van der Waals surface area contributed by atoms with Crippen LogP contribution in [0.5, 0.6) is 0 Å². The Hall–Kier alpha value is -2.51. The van der Waals surface area contributed by atoms with Crippen molar-refractivity contribution in [3.63, 3.8) is 0 Å². The monoisotopic (exact) mass is 295 g/mol. The van der Waals surface area contributed by atoms with Gasteiger partial charge in [-0.2, -0.15) is 0 Å². The first-order valence-electron chi connectivity index (χ1n) is 6.34. The number of hydrogen-bond acceptors (Lipinski definition) is 6. The smallest absolute Gasteiger partial charge is 0.287 e. The van der Waals surface area contributed by atoms with Gasteiger partial charge in [0, 0.05) is 13.5 Å². The van der Waals surface area contributed by atoms with E-state index < -0.39 is 23.6 Å². The van der Waals surface area contributed by atoms with Crippen LogP contribution < -0.4 is 10.6 Å². The van der Waals surface area contributed by atoms with Gasteiger partial charge >= 0.3 is 0 Å². The van der Waals surface area contributed by atoms with E-state index in [0.29, 0.717) is 17.7 Å². The fourth-order valence-electron chi connectivity index (χ4n) is 1.76. The van der Waals surface area contributed by atoms with Gasteiger partial charge in [-0.25, -0.2) is 0 Å². The standard InChI is InChI=1S/C13H17N3O5/c1-7-11(8(2)21-16-7)13(20)15-9(6-17)4-5-10(18)12(19)14-3/h6,9H,4-5H2,1-3H3,(H,14,19)(H,15,20). The Kier molecular flexibility index (Phi) is 5.77. The number of likely N-dealkylation sites (N-methyl/N-ethyl adjacent to an activating group) is 1. The van der Waals surface area contributed by atoms with Crippen LogP contribution in [-0.4, -0.2) is 42.1 Å². The third-order valence-electron chi connectivity index (χ3n) is 2.90. The predicted octanol–water partition coefficient (Wildman–Crippen LogP) is -0.316. The minimum Gasteiger partial charge on any atom is -0.361 e. The van der Waals surface area contributed by atoms with Crippen molar-refractivity contribution in [2.75, 3.05) is 7.05 Å². The Bertz CT molecular complexity index is 545. The van der Waals surface area contributed by atoms with E-state index in [1.54, 1.807) is 13.8 Å². The van der Waals surface area contributed by atoms with Crippen molar-refractivity contribution in [1.82, 2.24) is 15.8 Å². The van der Waals surface area contributed by atoms with Crippen molar-refractivity contribution in [3.05, 3.63) is 17.0 Å². The predicted molar refractivity (Wildman–Crippen MR) is 71.6 cm³/mol. The maximum absolute atomic E-state index is 12.0. The maximum atomic E-state index is 12.0. The van der Waals surface area contributed by atoms with Gasteiger partial charge in [0.15, 0.2) is 0 Å². The molecule has 21 heavy (non-hydrogen) atoms. The van der Waals surface area contributed by atoms with Gasteiger partial charge in [-0.3, -0.25) is 14.4 Å². The van der Waals surface area contributed by atoms with Crippen LogP contribution >= 0.6 is 0 Å². The van der Waals surface area contributed by atoms with E-state index in [2.05, 4.69) is 15.8 Å². The quantitative estimate of drug-likeness (QED) is 0.526. The molecule has 1 atom stereocenters. The Morgan fingerprint density at radius 1 is 1.33 bits per heavy atom.